The highest BCUT2D eigenvalue weighted by Crippen LogP contribution is 2.35. The number of likely N-dealkylation sites (N-methyl/N-ethyl adjacent to an activating group) is 1. The van der Waals surface area contributed by atoms with Gasteiger partial charge in [0.2, 0.25) is 0 Å². The molecule has 1 saturated heterocycles. The van der Waals surface area contributed by atoms with Crippen LogP contribution in [0.5, 0.6) is 0 Å². The maximum absolute atomic E-state index is 12.3. The Morgan fingerprint density at radius 2 is 1.76 bits per heavy atom. The first-order valence-corrected chi connectivity index (χ1v) is 5.66. The summed E-state index contributed by atoms with van der Waals surface area (Å²) in [7, 11) is 1.50. The highest BCUT2D eigenvalue weighted by molar-refractivity contribution is 6.07. The van der Waals surface area contributed by atoms with Crippen molar-refractivity contribution in [2.24, 2.45) is 5.92 Å². The summed E-state index contributed by atoms with van der Waals surface area (Å²) in [5, 5.41) is 2.82. The predicted molar refractivity (Wildman–Crippen MR) is 64.3 cm³/mol. The van der Waals surface area contributed by atoms with Crippen LogP contribution >= 0.6 is 0 Å². The van der Waals surface area contributed by atoms with Gasteiger partial charge in [0.25, 0.3) is 5.91 Å². The molecule has 1 aromatic carbocycles. The summed E-state index contributed by atoms with van der Waals surface area (Å²) in [6.07, 6.45) is 0. The van der Waals surface area contributed by atoms with Gasteiger partial charge in [0, 0.05) is 7.05 Å². The molecule has 0 saturated carbocycles. The molecular formula is C13H16N2O2. The van der Waals surface area contributed by atoms with Gasteiger partial charge in [-0.05, 0) is 11.5 Å². The van der Waals surface area contributed by atoms with Crippen LogP contribution in [0.4, 0.5) is 4.79 Å². The number of carbonyl (C=O) groups excluding carboxylic acids is 2. The molecule has 1 aliphatic heterocycles. The van der Waals surface area contributed by atoms with Crippen molar-refractivity contribution in [1.29, 1.82) is 0 Å². The fourth-order valence-corrected chi connectivity index (χ4v) is 2.28. The summed E-state index contributed by atoms with van der Waals surface area (Å²) in [5.41, 5.74) is -0.0923. The molecule has 0 radical (unpaired) electrons. The van der Waals surface area contributed by atoms with Crippen LogP contribution in [0.3, 0.4) is 0 Å². The minimum atomic E-state index is -0.924. The molecule has 1 atom stereocenters. The van der Waals surface area contributed by atoms with E-state index < -0.39 is 5.54 Å². The van der Waals surface area contributed by atoms with Crippen molar-refractivity contribution in [1.82, 2.24) is 10.2 Å². The summed E-state index contributed by atoms with van der Waals surface area (Å²) in [6.45, 7) is 3.87. The Hall–Kier alpha value is -1.84. The lowest BCUT2D eigenvalue weighted by atomic mass is 9.80. The molecule has 1 fully saturated rings. The van der Waals surface area contributed by atoms with Crippen molar-refractivity contribution in [2.45, 2.75) is 19.4 Å². The number of amides is 3. The minimum Gasteiger partial charge on any atom is -0.319 e. The van der Waals surface area contributed by atoms with Crippen LogP contribution < -0.4 is 5.32 Å². The Morgan fingerprint density at radius 1 is 1.18 bits per heavy atom. The average Bonchev–Trinajstić information content (AvgIpc) is 2.56. The number of carbonyl (C=O) groups is 2. The molecule has 0 aromatic heterocycles. The second-order valence-corrected chi connectivity index (χ2v) is 4.62. The zero-order valence-corrected chi connectivity index (χ0v) is 10.2. The maximum Gasteiger partial charge on any atom is 0.325 e. The van der Waals surface area contributed by atoms with Crippen molar-refractivity contribution < 1.29 is 9.59 Å². The van der Waals surface area contributed by atoms with E-state index in [1.165, 1.54) is 7.05 Å². The average molecular weight is 232 g/mol. The number of urea groups is 1. The van der Waals surface area contributed by atoms with Gasteiger partial charge < -0.3 is 5.32 Å². The molecule has 4 nitrogen and oxygen atoms in total. The highest BCUT2D eigenvalue weighted by atomic mass is 16.2. The summed E-state index contributed by atoms with van der Waals surface area (Å²) < 4.78 is 0. The molecule has 1 N–H and O–H groups in total. The van der Waals surface area contributed by atoms with E-state index in [4.69, 9.17) is 0 Å². The lowest BCUT2D eigenvalue weighted by molar-refractivity contribution is -0.132. The quantitative estimate of drug-likeness (QED) is 0.789. The molecule has 90 valence electrons. The smallest absolute Gasteiger partial charge is 0.319 e. The Kier molecular flexibility index (Phi) is 2.65. The lowest BCUT2D eigenvalue weighted by Crippen LogP contribution is -2.48. The van der Waals surface area contributed by atoms with Crippen molar-refractivity contribution in [3.8, 4) is 0 Å². The molecule has 0 spiro atoms. The number of benzene rings is 1. The molecule has 1 heterocycles. The summed E-state index contributed by atoms with van der Waals surface area (Å²) in [4.78, 5) is 25.1. The van der Waals surface area contributed by atoms with Gasteiger partial charge in [-0.25, -0.2) is 4.79 Å². The first kappa shape index (κ1) is 11.6. The Labute approximate surface area is 101 Å². The molecule has 1 aliphatic rings. The van der Waals surface area contributed by atoms with Gasteiger partial charge in [-0.15, -0.1) is 0 Å². The van der Waals surface area contributed by atoms with Crippen LogP contribution in [-0.2, 0) is 10.3 Å². The van der Waals surface area contributed by atoms with E-state index in [-0.39, 0.29) is 17.9 Å². The molecule has 3 amide bonds. The number of hydrogen-bond acceptors (Lipinski definition) is 2. The van der Waals surface area contributed by atoms with Crippen LogP contribution in [0.2, 0.25) is 0 Å². The van der Waals surface area contributed by atoms with Crippen LogP contribution in [-0.4, -0.2) is 23.9 Å². The molecular weight excluding hydrogens is 216 g/mol. The van der Waals surface area contributed by atoms with E-state index in [1.807, 2.05) is 44.2 Å². The summed E-state index contributed by atoms with van der Waals surface area (Å²) in [6, 6.07) is 9.04. The molecule has 1 aromatic rings. The summed E-state index contributed by atoms with van der Waals surface area (Å²) >= 11 is 0. The van der Waals surface area contributed by atoms with Crippen LogP contribution in [0.25, 0.3) is 0 Å². The number of hydrogen-bond donors (Lipinski definition) is 1. The van der Waals surface area contributed by atoms with Gasteiger partial charge in [-0.1, -0.05) is 44.2 Å². The highest BCUT2D eigenvalue weighted by Gasteiger charge is 2.52. The third-order valence-corrected chi connectivity index (χ3v) is 3.35. The van der Waals surface area contributed by atoms with Crippen molar-refractivity contribution >= 4 is 11.9 Å². The third kappa shape index (κ3) is 1.52. The summed E-state index contributed by atoms with van der Waals surface area (Å²) in [5.74, 6) is -0.199. The van der Waals surface area contributed by atoms with E-state index in [0.717, 1.165) is 10.5 Å². The first-order valence-electron chi connectivity index (χ1n) is 5.66. The fourth-order valence-electron chi connectivity index (χ4n) is 2.28. The van der Waals surface area contributed by atoms with Gasteiger partial charge >= 0.3 is 6.03 Å². The molecule has 2 rings (SSSR count). The predicted octanol–water partition coefficient (Wildman–Crippen LogP) is 1.72. The molecule has 0 unspecified atom stereocenters. The number of nitrogens with zero attached hydrogens (tertiary/aromatic N) is 1. The monoisotopic (exact) mass is 232 g/mol. The van der Waals surface area contributed by atoms with E-state index in [9.17, 15) is 9.59 Å². The van der Waals surface area contributed by atoms with E-state index >= 15 is 0 Å². The van der Waals surface area contributed by atoms with Gasteiger partial charge in [-0.2, -0.15) is 0 Å². The van der Waals surface area contributed by atoms with Gasteiger partial charge in [0.1, 0.15) is 5.54 Å². The van der Waals surface area contributed by atoms with Crippen LogP contribution in [0.15, 0.2) is 30.3 Å². The zero-order chi connectivity index (χ0) is 12.6. The van der Waals surface area contributed by atoms with E-state index in [1.54, 1.807) is 0 Å². The minimum absolute atomic E-state index is 0.00806. The van der Waals surface area contributed by atoms with E-state index in [2.05, 4.69) is 5.32 Å². The number of imide groups is 1. The maximum atomic E-state index is 12.3. The number of nitrogens with one attached hydrogen (secondary N) is 1. The van der Waals surface area contributed by atoms with Crippen LogP contribution in [0, 0.1) is 5.92 Å². The molecule has 17 heavy (non-hydrogen) atoms. The third-order valence-electron chi connectivity index (χ3n) is 3.35. The standard InChI is InChI=1S/C13H16N2O2/c1-9(2)13(10-7-5-4-6-8-10)11(16)15(3)12(17)14-13/h4-9H,1-3H3,(H,14,17)/t13-/m0/s1. The molecule has 0 bridgehead atoms. The van der Waals surface area contributed by atoms with Gasteiger partial charge in [0.15, 0.2) is 0 Å². The normalized spacial score (nSPS) is 24.4. The largest absolute Gasteiger partial charge is 0.325 e. The van der Waals surface area contributed by atoms with Crippen molar-refractivity contribution in [3.63, 3.8) is 0 Å². The molecule has 4 heteroatoms. The van der Waals surface area contributed by atoms with Gasteiger partial charge in [-0.3, -0.25) is 9.69 Å². The van der Waals surface area contributed by atoms with Crippen molar-refractivity contribution in [3.05, 3.63) is 35.9 Å². The van der Waals surface area contributed by atoms with Crippen LogP contribution in [0.1, 0.15) is 19.4 Å². The second-order valence-electron chi connectivity index (χ2n) is 4.62. The first-order chi connectivity index (χ1) is 8.00. The number of rotatable bonds is 2. The Balaban J connectivity index is 2.57. The van der Waals surface area contributed by atoms with E-state index in [0.29, 0.717) is 0 Å². The SMILES string of the molecule is CC(C)[C@@]1(c2ccccc2)NC(=O)N(C)C1=O. The Bertz CT molecular complexity index is 456. The molecule has 0 aliphatic carbocycles. The second kappa shape index (κ2) is 3.87. The lowest BCUT2D eigenvalue weighted by Gasteiger charge is -2.31. The Morgan fingerprint density at radius 3 is 2.18 bits per heavy atom. The fraction of sp³-hybridized carbons (Fsp3) is 0.385. The topological polar surface area (TPSA) is 49.4 Å². The van der Waals surface area contributed by atoms with Gasteiger partial charge in [0.05, 0.1) is 0 Å². The zero-order valence-electron chi connectivity index (χ0n) is 10.2. The van der Waals surface area contributed by atoms with Crippen molar-refractivity contribution in [2.75, 3.05) is 7.05 Å².